The maximum atomic E-state index is 7.38. The Bertz CT molecular complexity index is 4800. The van der Waals surface area contributed by atoms with Gasteiger partial charge in [0.2, 0.25) is 0 Å². The van der Waals surface area contributed by atoms with Gasteiger partial charge in [-0.25, -0.2) is 4.98 Å². The number of para-hydroxylation sites is 4. The van der Waals surface area contributed by atoms with Crippen molar-refractivity contribution in [3.63, 3.8) is 0 Å². The number of ether oxygens (including phenoxy) is 1. The SMILES string of the molecule is [Pt].[c-]1c(Oc2[c-]c3c(cc2)c2ccccc2n3-c2cc(C3(C4=CC=CN5C=CC=CB45)C4CC5CC(C4)CC3C5)ccn2)cc(-c2c(-c3ccccc3)cccc2-c2ccccc2)cc1N1[CH-]N(c2c(-c3ccccc3)cccc2-c2ccccc2)c2ccccc21. The molecule has 0 radical (unpaired) electrons. The molecule has 5 heterocycles. The topological polar surface area (TPSA) is 36.8 Å². The van der Waals surface area contributed by atoms with Gasteiger partial charge in [0.25, 0.3) is 0 Å². The van der Waals surface area contributed by atoms with Crippen LogP contribution in [0.15, 0.2) is 297 Å². The van der Waals surface area contributed by atoms with Gasteiger partial charge in [-0.1, -0.05) is 217 Å². The van der Waals surface area contributed by atoms with Crippen LogP contribution in [0.5, 0.6) is 11.5 Å². The Morgan fingerprint density at radius 1 is 0.489 bits per heavy atom. The van der Waals surface area contributed by atoms with E-state index in [2.05, 4.69) is 330 Å². The number of hydrogen-bond acceptors (Lipinski definition) is 5. The minimum atomic E-state index is -0.122. The predicted octanol–water partition coefficient (Wildman–Crippen LogP) is 20.9. The van der Waals surface area contributed by atoms with Crippen molar-refractivity contribution in [1.29, 1.82) is 0 Å². The number of hydrogen-bond donors (Lipinski definition) is 0. The van der Waals surface area contributed by atoms with Crippen LogP contribution < -0.4 is 14.5 Å². The molecule has 19 rings (SSSR count). The van der Waals surface area contributed by atoms with E-state index in [0.717, 1.165) is 118 Å². The van der Waals surface area contributed by atoms with E-state index in [1.54, 1.807) is 0 Å². The van der Waals surface area contributed by atoms with Crippen LogP contribution in [0.4, 0.5) is 22.7 Å². The molecule has 4 fully saturated rings. The third kappa shape index (κ3) is 9.29. The summed E-state index contributed by atoms with van der Waals surface area (Å²) in [4.78, 5) is 12.4. The molecule has 0 N–H and O–H groups in total. The molecule has 0 saturated heterocycles. The minimum Gasteiger partial charge on any atom is -0.509 e. The summed E-state index contributed by atoms with van der Waals surface area (Å²) < 4.78 is 9.72. The van der Waals surface area contributed by atoms with Crippen LogP contribution >= 0.6 is 0 Å². The number of allylic oxidation sites excluding steroid dienone is 5. The number of nitrogens with zero attached hydrogens (tertiary/aromatic N) is 5. The van der Waals surface area contributed by atoms with Crippen LogP contribution in [0, 0.1) is 42.5 Å². The monoisotopic (exact) mass is 1360 g/mol. The summed E-state index contributed by atoms with van der Waals surface area (Å²) in [6.07, 6.45) is 22.3. The van der Waals surface area contributed by atoms with E-state index >= 15 is 0 Å². The average molecular weight is 1360 g/mol. The number of rotatable bonds is 12. The summed E-state index contributed by atoms with van der Waals surface area (Å²) in [5.41, 5.74) is 19.9. The molecule has 8 heteroatoms. The van der Waals surface area contributed by atoms with Crippen molar-refractivity contribution in [2.75, 3.05) is 9.80 Å². The van der Waals surface area contributed by atoms with Crippen LogP contribution in [0.2, 0.25) is 0 Å². The van der Waals surface area contributed by atoms with Crippen LogP contribution in [-0.2, 0) is 26.5 Å². The first-order chi connectivity index (χ1) is 45.1. The van der Waals surface area contributed by atoms with E-state index in [1.165, 1.54) is 43.1 Å². The molecule has 92 heavy (non-hydrogen) atoms. The van der Waals surface area contributed by atoms with E-state index in [9.17, 15) is 0 Å². The second kappa shape index (κ2) is 23.1. The van der Waals surface area contributed by atoms with Gasteiger partial charge in [-0.2, -0.15) is 6.07 Å². The van der Waals surface area contributed by atoms with Gasteiger partial charge in [-0.15, -0.1) is 53.6 Å². The standard InChI is InChI=1S/C84H63BN5O.Pt/c1-5-22-59(23-6-1)70-31-19-32-71(60-24-7-2-8-25-60)82(70)63-51-67(88-56-89(78-37-16-15-36-77(78)88)83-72(61-26-9-3-10-27-61)33-20-34-73(83)62-28-11-4-12-29-62)54-69(52-63)91-68-39-40-75-74-30-13-14-35-76(74)90(79(75)55-68)81-53-64(41-43-86-81)84(65-47-57-46-58(49-65)50-66(84)48-57)80-38-21-45-87-44-18-17-42-85(80)87;/h1-45,51-53,56-58,65-66H,46-50H2;/q-3;. The molecule has 4 aliphatic carbocycles. The molecule has 0 atom stereocenters. The number of aromatic nitrogens is 2. The van der Waals surface area contributed by atoms with Gasteiger partial charge in [0.1, 0.15) is 5.82 Å². The van der Waals surface area contributed by atoms with Crippen LogP contribution in [-0.4, -0.2) is 21.2 Å². The van der Waals surface area contributed by atoms with Gasteiger partial charge in [-0.3, -0.25) is 0 Å². The molecule has 0 amide bonds. The fourth-order valence-corrected chi connectivity index (χ4v) is 17.2. The summed E-state index contributed by atoms with van der Waals surface area (Å²) in [6.45, 7) is 2.42. The van der Waals surface area contributed by atoms with Gasteiger partial charge in [0, 0.05) is 77.9 Å². The van der Waals surface area contributed by atoms with Crippen molar-refractivity contribution < 1.29 is 25.8 Å². The third-order valence-corrected chi connectivity index (χ3v) is 20.7. The van der Waals surface area contributed by atoms with Crippen LogP contribution in [0.25, 0.3) is 83.3 Å². The molecule has 10 aromatic carbocycles. The first kappa shape index (κ1) is 56.1. The van der Waals surface area contributed by atoms with Gasteiger partial charge >= 0.3 is 6.85 Å². The zero-order chi connectivity index (χ0) is 60.0. The van der Waals surface area contributed by atoms with Crippen molar-refractivity contribution in [2.45, 2.75) is 37.5 Å². The van der Waals surface area contributed by atoms with Gasteiger partial charge < -0.3 is 23.9 Å². The Morgan fingerprint density at radius 2 is 1.07 bits per heavy atom. The maximum absolute atomic E-state index is 7.38. The third-order valence-electron chi connectivity index (χ3n) is 20.7. The quantitative estimate of drug-likeness (QED) is 0.0900. The summed E-state index contributed by atoms with van der Waals surface area (Å²) in [5.74, 6) is 7.21. The smallest absolute Gasteiger partial charge is 0.316 e. The van der Waals surface area contributed by atoms with E-state index in [1.807, 2.05) is 0 Å². The predicted molar refractivity (Wildman–Crippen MR) is 373 cm³/mol. The molecule has 6 nitrogen and oxygen atoms in total. The molecular formula is C84H63BN5OPt-3. The first-order valence-corrected chi connectivity index (χ1v) is 32.3. The number of fused-ring (bicyclic) bond motifs is 5. The van der Waals surface area contributed by atoms with Gasteiger partial charge in [0.15, 0.2) is 0 Å². The fourth-order valence-electron chi connectivity index (χ4n) is 17.2. The van der Waals surface area contributed by atoms with Crippen molar-refractivity contribution in [2.24, 2.45) is 23.7 Å². The molecule has 4 saturated carbocycles. The summed E-state index contributed by atoms with van der Waals surface area (Å²) >= 11 is 0. The van der Waals surface area contributed by atoms with E-state index in [0.29, 0.717) is 23.3 Å². The second-order valence-electron chi connectivity index (χ2n) is 25.6. The zero-order valence-corrected chi connectivity index (χ0v) is 52.9. The normalized spacial score (nSPS) is 19.9. The molecule has 446 valence electrons. The Hall–Kier alpha value is -9.94. The van der Waals surface area contributed by atoms with E-state index in [-0.39, 0.29) is 33.3 Å². The molecule has 12 aromatic rings. The van der Waals surface area contributed by atoms with Crippen molar-refractivity contribution >= 4 is 51.4 Å². The first-order valence-electron chi connectivity index (χ1n) is 32.3. The molecular weight excluding hydrogens is 1300 g/mol. The number of pyridine rings is 1. The Labute approximate surface area is 553 Å². The molecule has 4 bridgehead atoms. The van der Waals surface area contributed by atoms with E-state index < -0.39 is 0 Å². The van der Waals surface area contributed by atoms with E-state index in [4.69, 9.17) is 9.72 Å². The Kier molecular flexibility index (Phi) is 14.1. The summed E-state index contributed by atoms with van der Waals surface area (Å²) in [6, 6.07) is 95.1. The van der Waals surface area contributed by atoms with Crippen LogP contribution in [0.1, 0.15) is 37.7 Å². The second-order valence-corrected chi connectivity index (χ2v) is 25.6. The number of benzene rings is 10. The fraction of sp³-hybridized carbons (Fsp3) is 0.119. The Morgan fingerprint density at radius 3 is 1.72 bits per heavy atom. The van der Waals surface area contributed by atoms with Crippen LogP contribution in [0.3, 0.4) is 0 Å². The van der Waals surface area contributed by atoms with Gasteiger partial charge in [0.05, 0.1) is 0 Å². The maximum Gasteiger partial charge on any atom is 0.316 e. The molecule has 2 aromatic heterocycles. The molecule has 7 aliphatic rings. The minimum absolute atomic E-state index is 0. The average Bonchev–Trinajstić information content (AvgIpc) is 0.831. The molecule has 0 spiro atoms. The number of anilines is 4. The van der Waals surface area contributed by atoms with Crippen molar-refractivity contribution in [3.8, 4) is 73.0 Å². The summed E-state index contributed by atoms with van der Waals surface area (Å²) in [5, 5.41) is 2.23. The zero-order valence-electron chi connectivity index (χ0n) is 50.7. The summed E-state index contributed by atoms with van der Waals surface area (Å²) in [7, 11) is 0. The Balaban J connectivity index is 0.00000648. The van der Waals surface area contributed by atoms with Gasteiger partial charge in [-0.05, 0) is 161 Å². The van der Waals surface area contributed by atoms with Crippen molar-refractivity contribution in [3.05, 3.63) is 321 Å². The van der Waals surface area contributed by atoms with Crippen molar-refractivity contribution in [1.82, 2.24) is 14.4 Å². The molecule has 3 aliphatic heterocycles. The molecule has 0 unspecified atom stereocenters. The largest absolute Gasteiger partial charge is 0.509 e.